The third-order valence-corrected chi connectivity index (χ3v) is 3.99. The molecule has 0 radical (unpaired) electrons. The third kappa shape index (κ3) is 2.81. The van der Waals surface area contributed by atoms with Gasteiger partial charge in [-0.3, -0.25) is 0 Å². The Morgan fingerprint density at radius 3 is 2.84 bits per heavy atom. The number of carboxylic acid groups (broad SMARTS) is 1. The molecule has 0 aliphatic heterocycles. The number of aromatic carboxylic acids is 1. The van der Waals surface area contributed by atoms with E-state index in [0.717, 1.165) is 19.3 Å². The van der Waals surface area contributed by atoms with Crippen LogP contribution in [0, 0.1) is 5.41 Å². The van der Waals surface area contributed by atoms with Gasteiger partial charge in [-0.1, -0.05) is 26.7 Å². The Morgan fingerprint density at radius 1 is 1.53 bits per heavy atom. The van der Waals surface area contributed by atoms with Gasteiger partial charge in [0.1, 0.15) is 5.69 Å². The van der Waals surface area contributed by atoms with Crippen molar-refractivity contribution in [3.8, 4) is 0 Å². The zero-order chi connectivity index (χ0) is 14.0. The van der Waals surface area contributed by atoms with Crippen LogP contribution in [0.4, 0.5) is 0 Å². The molecule has 1 N–H and O–H groups in total. The van der Waals surface area contributed by atoms with Crippen molar-refractivity contribution in [2.45, 2.75) is 52.1 Å². The summed E-state index contributed by atoms with van der Waals surface area (Å²) < 4.78 is 10.5. The Kier molecular flexibility index (Phi) is 3.94. The maximum Gasteiger partial charge on any atom is 0.373 e. The molecule has 0 bridgehead atoms. The quantitative estimate of drug-likeness (QED) is 0.906. The number of aromatic nitrogens is 1. The van der Waals surface area contributed by atoms with Crippen LogP contribution in [0.2, 0.25) is 0 Å². The van der Waals surface area contributed by atoms with E-state index in [9.17, 15) is 4.79 Å². The molecule has 1 aliphatic rings. The van der Waals surface area contributed by atoms with Crippen molar-refractivity contribution >= 4 is 5.97 Å². The monoisotopic (exact) mass is 267 g/mol. The van der Waals surface area contributed by atoms with Crippen molar-refractivity contribution in [3.05, 3.63) is 17.3 Å². The van der Waals surface area contributed by atoms with E-state index in [4.69, 9.17) is 14.3 Å². The molecular weight excluding hydrogens is 246 g/mol. The molecule has 1 aromatic heterocycles. The predicted octanol–water partition coefficient (Wildman–Crippen LogP) is 3.20. The number of ether oxygens (including phenoxy) is 1. The Bertz CT molecular complexity index is 464. The molecule has 1 aromatic rings. The van der Waals surface area contributed by atoms with E-state index in [-0.39, 0.29) is 23.7 Å². The molecule has 1 heterocycles. The van der Waals surface area contributed by atoms with Crippen LogP contribution < -0.4 is 0 Å². The molecule has 1 fully saturated rings. The molecule has 1 aliphatic carbocycles. The highest BCUT2D eigenvalue weighted by atomic mass is 16.5. The molecule has 0 spiro atoms. The lowest BCUT2D eigenvalue weighted by Gasteiger charge is -2.36. The summed E-state index contributed by atoms with van der Waals surface area (Å²) in [6, 6.07) is 0. The van der Waals surface area contributed by atoms with Crippen LogP contribution in [0.15, 0.2) is 4.42 Å². The smallest absolute Gasteiger partial charge is 0.373 e. The van der Waals surface area contributed by atoms with Crippen LogP contribution >= 0.6 is 0 Å². The van der Waals surface area contributed by atoms with Crippen LogP contribution in [0.1, 0.15) is 67.6 Å². The standard InChI is InChI=1S/C14H21NO4/c1-14(2)7-5-4-6-9(14)12-15-10(8-18-3)11(19-12)13(16)17/h9H,4-8H2,1-3H3,(H,16,17). The van der Waals surface area contributed by atoms with E-state index >= 15 is 0 Å². The summed E-state index contributed by atoms with van der Waals surface area (Å²) >= 11 is 0. The number of hydrogen-bond donors (Lipinski definition) is 1. The van der Waals surface area contributed by atoms with E-state index in [1.165, 1.54) is 13.5 Å². The number of hydrogen-bond acceptors (Lipinski definition) is 4. The highest BCUT2D eigenvalue weighted by molar-refractivity contribution is 5.85. The van der Waals surface area contributed by atoms with Crippen molar-refractivity contribution in [3.63, 3.8) is 0 Å². The van der Waals surface area contributed by atoms with Gasteiger partial charge in [0, 0.05) is 13.0 Å². The summed E-state index contributed by atoms with van der Waals surface area (Å²) in [5, 5.41) is 9.14. The number of carbonyl (C=O) groups is 1. The second kappa shape index (κ2) is 5.33. The van der Waals surface area contributed by atoms with Gasteiger partial charge in [-0.2, -0.15) is 0 Å². The number of carboxylic acids is 1. The minimum Gasteiger partial charge on any atom is -0.475 e. The average Bonchev–Trinajstić information content (AvgIpc) is 2.73. The molecule has 0 amide bonds. The lowest BCUT2D eigenvalue weighted by Crippen LogP contribution is -2.26. The highest BCUT2D eigenvalue weighted by Crippen LogP contribution is 2.46. The van der Waals surface area contributed by atoms with Crippen molar-refractivity contribution in [1.82, 2.24) is 4.98 Å². The number of oxazole rings is 1. The molecule has 5 nitrogen and oxygen atoms in total. The van der Waals surface area contributed by atoms with E-state index in [1.54, 1.807) is 0 Å². The van der Waals surface area contributed by atoms with Crippen molar-refractivity contribution in [1.29, 1.82) is 0 Å². The van der Waals surface area contributed by atoms with E-state index < -0.39 is 5.97 Å². The van der Waals surface area contributed by atoms with Gasteiger partial charge in [0.25, 0.3) is 0 Å². The highest BCUT2D eigenvalue weighted by Gasteiger charge is 2.37. The summed E-state index contributed by atoms with van der Waals surface area (Å²) in [4.78, 5) is 15.5. The number of nitrogens with zero attached hydrogens (tertiary/aromatic N) is 1. The summed E-state index contributed by atoms with van der Waals surface area (Å²) in [6.45, 7) is 4.55. The molecule has 1 unspecified atom stereocenters. The van der Waals surface area contributed by atoms with E-state index in [0.29, 0.717) is 11.6 Å². The van der Waals surface area contributed by atoms with Gasteiger partial charge < -0.3 is 14.3 Å². The minimum absolute atomic E-state index is 0.0850. The minimum atomic E-state index is -1.08. The van der Waals surface area contributed by atoms with Crippen molar-refractivity contribution in [2.24, 2.45) is 5.41 Å². The summed E-state index contributed by atoms with van der Waals surface area (Å²) in [7, 11) is 1.52. The normalized spacial score (nSPS) is 22.4. The number of rotatable bonds is 4. The van der Waals surface area contributed by atoms with Crippen LogP contribution in [0.25, 0.3) is 0 Å². The van der Waals surface area contributed by atoms with Crippen LogP contribution in [-0.4, -0.2) is 23.2 Å². The molecule has 1 saturated carbocycles. The second-order valence-electron chi connectivity index (χ2n) is 5.85. The Labute approximate surface area is 113 Å². The average molecular weight is 267 g/mol. The molecule has 106 valence electrons. The van der Waals surface area contributed by atoms with Crippen LogP contribution in [0.5, 0.6) is 0 Å². The zero-order valence-corrected chi connectivity index (χ0v) is 11.7. The first-order valence-electron chi connectivity index (χ1n) is 6.67. The number of methoxy groups -OCH3 is 1. The van der Waals surface area contributed by atoms with Crippen molar-refractivity contribution < 1.29 is 19.1 Å². The fraction of sp³-hybridized carbons (Fsp3) is 0.714. The van der Waals surface area contributed by atoms with E-state index in [1.807, 2.05) is 0 Å². The van der Waals surface area contributed by atoms with Gasteiger partial charge in [-0.05, 0) is 18.3 Å². The van der Waals surface area contributed by atoms with Gasteiger partial charge in [0.05, 0.1) is 6.61 Å². The molecule has 1 atom stereocenters. The fourth-order valence-corrected chi connectivity index (χ4v) is 2.87. The predicted molar refractivity (Wildman–Crippen MR) is 69.2 cm³/mol. The Balaban J connectivity index is 2.34. The summed E-state index contributed by atoms with van der Waals surface area (Å²) in [5.41, 5.74) is 0.481. The first-order valence-corrected chi connectivity index (χ1v) is 6.67. The Hall–Kier alpha value is -1.36. The molecule has 5 heteroatoms. The van der Waals surface area contributed by atoms with Crippen molar-refractivity contribution in [2.75, 3.05) is 7.11 Å². The first-order chi connectivity index (χ1) is 8.95. The lowest BCUT2D eigenvalue weighted by atomic mass is 9.69. The maximum absolute atomic E-state index is 11.2. The van der Waals surface area contributed by atoms with Gasteiger partial charge >= 0.3 is 5.97 Å². The van der Waals surface area contributed by atoms with Gasteiger partial charge in [0.2, 0.25) is 5.76 Å². The zero-order valence-electron chi connectivity index (χ0n) is 11.7. The second-order valence-corrected chi connectivity index (χ2v) is 5.85. The van der Waals surface area contributed by atoms with Gasteiger partial charge in [-0.25, -0.2) is 9.78 Å². The fourth-order valence-electron chi connectivity index (χ4n) is 2.87. The summed E-state index contributed by atoms with van der Waals surface area (Å²) in [5.74, 6) is -0.434. The molecule has 19 heavy (non-hydrogen) atoms. The molecular formula is C14H21NO4. The Morgan fingerprint density at radius 2 is 2.26 bits per heavy atom. The SMILES string of the molecule is COCc1nc(C2CCCCC2(C)C)oc1C(=O)O. The first kappa shape index (κ1) is 14.1. The molecule has 2 rings (SSSR count). The summed E-state index contributed by atoms with van der Waals surface area (Å²) in [6.07, 6.45) is 4.46. The van der Waals surface area contributed by atoms with Gasteiger partial charge in [-0.15, -0.1) is 0 Å². The molecule has 0 saturated heterocycles. The lowest BCUT2D eigenvalue weighted by molar-refractivity contribution is 0.0648. The topological polar surface area (TPSA) is 72.6 Å². The molecule has 0 aromatic carbocycles. The van der Waals surface area contributed by atoms with Crippen LogP contribution in [-0.2, 0) is 11.3 Å². The largest absolute Gasteiger partial charge is 0.475 e. The van der Waals surface area contributed by atoms with Gasteiger partial charge in [0.15, 0.2) is 5.89 Å². The van der Waals surface area contributed by atoms with E-state index in [2.05, 4.69) is 18.8 Å². The third-order valence-electron chi connectivity index (χ3n) is 3.99. The maximum atomic E-state index is 11.2. The van der Waals surface area contributed by atoms with Crippen LogP contribution in [0.3, 0.4) is 0 Å².